The van der Waals surface area contributed by atoms with Crippen LogP contribution >= 0.6 is 11.6 Å². The van der Waals surface area contributed by atoms with E-state index in [1.807, 2.05) is 26.0 Å². The van der Waals surface area contributed by atoms with Crippen LogP contribution in [0.2, 0.25) is 5.28 Å². The first-order valence-electron chi connectivity index (χ1n) is 5.59. The zero-order chi connectivity index (χ0) is 13.1. The quantitative estimate of drug-likeness (QED) is 0.926. The van der Waals surface area contributed by atoms with E-state index in [2.05, 4.69) is 16.4 Å². The van der Waals surface area contributed by atoms with Crippen molar-refractivity contribution >= 4 is 23.2 Å². The highest BCUT2D eigenvalue weighted by Gasteiger charge is 2.06. The number of nitrogens with zero attached hydrogens (tertiary/aromatic N) is 2. The minimum Gasteiger partial charge on any atom is -0.325 e. The molecule has 1 aromatic carbocycles. The van der Waals surface area contributed by atoms with Gasteiger partial charge in [0.2, 0.25) is 11.2 Å². The van der Waals surface area contributed by atoms with Crippen molar-refractivity contribution in [2.45, 2.75) is 20.4 Å². The summed E-state index contributed by atoms with van der Waals surface area (Å²) in [5.41, 5.74) is 3.03. The molecule has 0 fully saturated rings. The van der Waals surface area contributed by atoms with Crippen molar-refractivity contribution in [2.24, 2.45) is 0 Å². The van der Waals surface area contributed by atoms with E-state index in [-0.39, 0.29) is 12.5 Å². The lowest BCUT2D eigenvalue weighted by Gasteiger charge is -2.08. The lowest BCUT2D eigenvalue weighted by Crippen LogP contribution is -2.18. The largest absolute Gasteiger partial charge is 0.325 e. The molecule has 2 rings (SSSR count). The molecule has 0 saturated heterocycles. The number of hydrogen-bond acceptors (Lipinski definition) is 2. The van der Waals surface area contributed by atoms with E-state index in [1.54, 1.807) is 17.0 Å². The molecule has 0 aliphatic heterocycles. The Hall–Kier alpha value is -1.81. The number of aromatic nitrogens is 2. The number of halogens is 1. The summed E-state index contributed by atoms with van der Waals surface area (Å²) in [6, 6.07) is 5.92. The summed E-state index contributed by atoms with van der Waals surface area (Å²) in [5.74, 6) is -0.125. The van der Waals surface area contributed by atoms with Crippen molar-refractivity contribution in [1.82, 2.24) is 9.55 Å². The zero-order valence-corrected chi connectivity index (χ0v) is 11.0. The number of benzene rings is 1. The normalized spacial score (nSPS) is 10.4. The topological polar surface area (TPSA) is 46.9 Å². The van der Waals surface area contributed by atoms with Crippen molar-refractivity contribution in [3.63, 3.8) is 0 Å². The number of carbonyl (C=O) groups is 1. The van der Waals surface area contributed by atoms with Crippen LogP contribution in [-0.2, 0) is 11.3 Å². The summed E-state index contributed by atoms with van der Waals surface area (Å²) < 4.78 is 1.58. The van der Waals surface area contributed by atoms with Crippen LogP contribution in [-0.4, -0.2) is 15.5 Å². The van der Waals surface area contributed by atoms with Gasteiger partial charge in [0.1, 0.15) is 6.54 Å². The molecule has 0 bridgehead atoms. The van der Waals surface area contributed by atoms with Gasteiger partial charge in [0.05, 0.1) is 0 Å². The summed E-state index contributed by atoms with van der Waals surface area (Å²) in [5, 5.41) is 3.15. The van der Waals surface area contributed by atoms with Crippen LogP contribution in [0.5, 0.6) is 0 Å². The molecule has 5 heteroatoms. The third kappa shape index (κ3) is 3.11. The number of anilines is 1. The van der Waals surface area contributed by atoms with Crippen molar-refractivity contribution < 1.29 is 4.79 Å². The summed E-state index contributed by atoms with van der Waals surface area (Å²) >= 11 is 5.81. The van der Waals surface area contributed by atoms with Gasteiger partial charge in [-0.05, 0) is 48.7 Å². The van der Waals surface area contributed by atoms with Crippen molar-refractivity contribution in [2.75, 3.05) is 5.32 Å². The SMILES string of the molecule is Cc1cc(C)cc(NC(=O)Cn2ccnc2Cl)c1. The predicted molar refractivity (Wildman–Crippen MR) is 71.8 cm³/mol. The fourth-order valence-electron chi connectivity index (χ4n) is 1.83. The third-order valence-electron chi connectivity index (χ3n) is 2.48. The zero-order valence-electron chi connectivity index (χ0n) is 10.3. The van der Waals surface area contributed by atoms with E-state index in [4.69, 9.17) is 11.6 Å². The summed E-state index contributed by atoms with van der Waals surface area (Å²) in [6.45, 7) is 4.15. The number of aryl methyl sites for hydroxylation is 2. The van der Waals surface area contributed by atoms with Gasteiger partial charge >= 0.3 is 0 Å². The molecule has 1 amide bonds. The molecule has 0 spiro atoms. The molecule has 4 nitrogen and oxygen atoms in total. The Morgan fingerprint density at radius 1 is 1.33 bits per heavy atom. The molecular formula is C13H14ClN3O. The molecule has 0 aliphatic rings. The molecule has 1 N–H and O–H groups in total. The smallest absolute Gasteiger partial charge is 0.244 e. The highest BCUT2D eigenvalue weighted by atomic mass is 35.5. The maximum atomic E-state index is 11.8. The van der Waals surface area contributed by atoms with Gasteiger partial charge in [-0.1, -0.05) is 6.07 Å². The predicted octanol–water partition coefficient (Wildman–Crippen LogP) is 2.79. The van der Waals surface area contributed by atoms with Crippen LogP contribution in [0.4, 0.5) is 5.69 Å². The van der Waals surface area contributed by atoms with Gasteiger partial charge in [-0.25, -0.2) is 4.98 Å². The average molecular weight is 264 g/mol. The molecule has 0 radical (unpaired) electrons. The van der Waals surface area contributed by atoms with Crippen LogP contribution in [0.1, 0.15) is 11.1 Å². The highest BCUT2D eigenvalue weighted by molar-refractivity contribution is 6.28. The molecule has 1 heterocycles. The van der Waals surface area contributed by atoms with Gasteiger partial charge < -0.3 is 9.88 Å². The van der Waals surface area contributed by atoms with E-state index < -0.39 is 0 Å². The molecule has 0 atom stereocenters. The maximum absolute atomic E-state index is 11.8. The number of hydrogen-bond donors (Lipinski definition) is 1. The van der Waals surface area contributed by atoms with Crippen LogP contribution in [0.15, 0.2) is 30.6 Å². The van der Waals surface area contributed by atoms with Gasteiger partial charge in [-0.3, -0.25) is 4.79 Å². The van der Waals surface area contributed by atoms with E-state index in [0.29, 0.717) is 5.28 Å². The first-order chi connectivity index (χ1) is 8.54. The van der Waals surface area contributed by atoms with Crippen molar-refractivity contribution in [3.05, 3.63) is 47.0 Å². The molecule has 18 heavy (non-hydrogen) atoms. The summed E-state index contributed by atoms with van der Waals surface area (Å²) in [6.07, 6.45) is 3.23. The second kappa shape index (κ2) is 5.23. The third-order valence-corrected chi connectivity index (χ3v) is 2.80. The number of nitrogens with one attached hydrogen (secondary N) is 1. The van der Waals surface area contributed by atoms with E-state index >= 15 is 0 Å². The van der Waals surface area contributed by atoms with Crippen molar-refractivity contribution in [3.8, 4) is 0 Å². The summed E-state index contributed by atoms with van der Waals surface area (Å²) in [4.78, 5) is 15.7. The molecule has 2 aromatic rings. The maximum Gasteiger partial charge on any atom is 0.244 e. The first-order valence-corrected chi connectivity index (χ1v) is 5.97. The Bertz CT molecular complexity index is 557. The molecule has 0 aliphatic carbocycles. The van der Waals surface area contributed by atoms with Gasteiger partial charge in [0.25, 0.3) is 0 Å². The van der Waals surface area contributed by atoms with Gasteiger partial charge in [0.15, 0.2) is 0 Å². The van der Waals surface area contributed by atoms with Crippen LogP contribution < -0.4 is 5.32 Å². The molecule has 1 aromatic heterocycles. The van der Waals surface area contributed by atoms with Gasteiger partial charge in [-0.2, -0.15) is 0 Å². The van der Waals surface area contributed by atoms with Gasteiger partial charge in [-0.15, -0.1) is 0 Å². The summed E-state index contributed by atoms with van der Waals surface area (Å²) in [7, 11) is 0. The van der Waals surface area contributed by atoms with Crippen LogP contribution in [0.25, 0.3) is 0 Å². The average Bonchev–Trinajstić information content (AvgIpc) is 2.62. The fourth-order valence-corrected chi connectivity index (χ4v) is 2.00. The Kier molecular flexibility index (Phi) is 3.67. The van der Waals surface area contributed by atoms with E-state index in [0.717, 1.165) is 16.8 Å². The second-order valence-electron chi connectivity index (χ2n) is 4.25. The van der Waals surface area contributed by atoms with E-state index in [9.17, 15) is 4.79 Å². The van der Waals surface area contributed by atoms with E-state index in [1.165, 1.54) is 0 Å². The Balaban J connectivity index is 2.05. The molecule has 0 unspecified atom stereocenters. The monoisotopic (exact) mass is 263 g/mol. The standard InChI is InChI=1S/C13H14ClN3O/c1-9-5-10(2)7-11(6-9)16-12(18)8-17-4-3-15-13(17)14/h3-7H,8H2,1-2H3,(H,16,18). The molecular weight excluding hydrogens is 250 g/mol. The Morgan fingerprint density at radius 2 is 2.00 bits per heavy atom. The lowest BCUT2D eigenvalue weighted by atomic mass is 10.1. The number of carbonyl (C=O) groups excluding carboxylic acids is 1. The van der Waals surface area contributed by atoms with Gasteiger partial charge in [0, 0.05) is 18.1 Å². The molecule has 94 valence electrons. The number of imidazole rings is 1. The lowest BCUT2D eigenvalue weighted by molar-refractivity contribution is -0.116. The first kappa shape index (κ1) is 12.6. The van der Waals surface area contributed by atoms with Crippen LogP contribution in [0.3, 0.4) is 0 Å². The van der Waals surface area contributed by atoms with Crippen LogP contribution in [0, 0.1) is 13.8 Å². The highest BCUT2D eigenvalue weighted by Crippen LogP contribution is 2.14. The number of amides is 1. The minimum absolute atomic E-state index is 0.125. The Labute approximate surface area is 111 Å². The van der Waals surface area contributed by atoms with Crippen molar-refractivity contribution in [1.29, 1.82) is 0 Å². The molecule has 0 saturated carbocycles. The Morgan fingerprint density at radius 3 is 2.56 bits per heavy atom. The second-order valence-corrected chi connectivity index (χ2v) is 4.59. The fraction of sp³-hybridized carbons (Fsp3) is 0.231. The number of rotatable bonds is 3. The minimum atomic E-state index is -0.125.